The lowest BCUT2D eigenvalue weighted by molar-refractivity contribution is -0.117. The molecular weight excluding hydrogens is 234 g/mol. The number of rotatable bonds is 4. The van der Waals surface area contributed by atoms with Crippen LogP contribution >= 0.6 is 11.3 Å². The zero-order valence-electron chi connectivity index (χ0n) is 9.17. The molecule has 0 aliphatic heterocycles. The average molecular weight is 247 g/mol. The Balaban J connectivity index is 1.92. The van der Waals surface area contributed by atoms with E-state index in [1.54, 1.807) is 11.6 Å². The lowest BCUT2D eigenvalue weighted by Gasteiger charge is -2.10. The molecule has 1 aromatic heterocycles. The third-order valence-electron chi connectivity index (χ3n) is 2.30. The molecule has 0 spiro atoms. The van der Waals surface area contributed by atoms with E-state index in [1.165, 1.54) is 11.3 Å². The molecule has 0 fully saturated rings. The number of carbonyl (C=O) groups is 1. The fourth-order valence-electron chi connectivity index (χ4n) is 1.44. The Hall–Kier alpha value is -1.72. The highest BCUT2D eigenvalue weighted by Crippen LogP contribution is 2.11. The maximum Gasteiger partial charge on any atom is 0.243 e. The van der Waals surface area contributed by atoms with Gasteiger partial charge in [-0.15, -0.1) is 11.3 Å². The summed E-state index contributed by atoms with van der Waals surface area (Å²) in [5.74, 6) is -0.205. The van der Waals surface area contributed by atoms with Crippen LogP contribution < -0.4 is 11.1 Å². The van der Waals surface area contributed by atoms with Gasteiger partial charge in [-0.2, -0.15) is 0 Å². The average Bonchev–Trinajstić information content (AvgIpc) is 2.83. The number of anilines is 1. The van der Waals surface area contributed by atoms with Crippen molar-refractivity contribution in [2.24, 2.45) is 5.73 Å². The zero-order chi connectivity index (χ0) is 12.1. The first-order valence-corrected chi connectivity index (χ1v) is 6.13. The van der Waals surface area contributed by atoms with Crippen LogP contribution in [0.5, 0.6) is 0 Å². The van der Waals surface area contributed by atoms with Crippen molar-refractivity contribution in [2.45, 2.75) is 12.5 Å². The van der Waals surface area contributed by atoms with E-state index in [-0.39, 0.29) is 5.91 Å². The predicted octanol–water partition coefficient (Wildman–Crippen LogP) is 1.65. The van der Waals surface area contributed by atoms with Crippen molar-refractivity contribution in [3.8, 4) is 0 Å². The largest absolute Gasteiger partial charge is 0.320 e. The lowest BCUT2D eigenvalue weighted by Crippen LogP contribution is -2.37. The van der Waals surface area contributed by atoms with E-state index >= 15 is 0 Å². The molecule has 4 nitrogen and oxygen atoms in total. The fraction of sp³-hybridized carbons (Fsp3) is 0.167. The van der Waals surface area contributed by atoms with Crippen molar-refractivity contribution in [3.05, 3.63) is 47.5 Å². The molecule has 0 radical (unpaired) electrons. The zero-order valence-corrected chi connectivity index (χ0v) is 9.98. The monoisotopic (exact) mass is 247 g/mol. The van der Waals surface area contributed by atoms with Gasteiger partial charge in [0, 0.05) is 11.6 Å². The molecule has 88 valence electrons. The van der Waals surface area contributed by atoms with Crippen molar-refractivity contribution in [1.82, 2.24) is 4.98 Å². The Kier molecular flexibility index (Phi) is 3.85. The van der Waals surface area contributed by atoms with Crippen LogP contribution in [-0.4, -0.2) is 16.9 Å². The predicted molar refractivity (Wildman–Crippen MR) is 68.9 cm³/mol. The number of nitrogens with one attached hydrogen (secondary N) is 1. The number of nitrogens with zero attached hydrogens (tertiary/aromatic N) is 1. The smallest absolute Gasteiger partial charge is 0.243 e. The summed E-state index contributed by atoms with van der Waals surface area (Å²) in [5, 5.41) is 5.07. The van der Waals surface area contributed by atoms with Gasteiger partial charge in [-0.1, -0.05) is 30.3 Å². The Morgan fingerprint density at radius 3 is 2.82 bits per heavy atom. The number of hydrogen-bond acceptors (Lipinski definition) is 4. The first-order valence-electron chi connectivity index (χ1n) is 5.25. The summed E-state index contributed by atoms with van der Waals surface area (Å²) < 4.78 is 0. The van der Waals surface area contributed by atoms with E-state index in [0.717, 1.165) is 5.56 Å². The topological polar surface area (TPSA) is 68.0 Å². The van der Waals surface area contributed by atoms with Gasteiger partial charge in [0.1, 0.15) is 0 Å². The number of nitrogens with two attached hydrogens (primary N) is 1. The first kappa shape index (κ1) is 11.8. The fourth-order valence-corrected chi connectivity index (χ4v) is 1.98. The highest BCUT2D eigenvalue weighted by atomic mass is 32.1. The minimum Gasteiger partial charge on any atom is -0.320 e. The molecule has 5 heteroatoms. The maximum absolute atomic E-state index is 11.7. The number of hydrogen-bond donors (Lipinski definition) is 2. The number of amides is 1. The Morgan fingerprint density at radius 2 is 2.18 bits per heavy atom. The summed E-state index contributed by atoms with van der Waals surface area (Å²) in [4.78, 5) is 15.7. The summed E-state index contributed by atoms with van der Waals surface area (Å²) >= 11 is 1.38. The number of thiazole rings is 1. The van der Waals surface area contributed by atoms with Crippen molar-refractivity contribution >= 4 is 22.4 Å². The van der Waals surface area contributed by atoms with Gasteiger partial charge in [-0.25, -0.2) is 4.98 Å². The third-order valence-corrected chi connectivity index (χ3v) is 2.99. The second-order valence-electron chi connectivity index (χ2n) is 3.62. The molecule has 0 aliphatic rings. The molecule has 0 aliphatic carbocycles. The summed E-state index contributed by atoms with van der Waals surface area (Å²) in [5.41, 5.74) is 6.88. The highest BCUT2D eigenvalue weighted by molar-refractivity contribution is 7.13. The van der Waals surface area contributed by atoms with Gasteiger partial charge >= 0.3 is 0 Å². The van der Waals surface area contributed by atoms with Crippen molar-refractivity contribution in [1.29, 1.82) is 0 Å². The van der Waals surface area contributed by atoms with Crippen LogP contribution in [0.2, 0.25) is 0 Å². The van der Waals surface area contributed by atoms with Crippen LogP contribution in [0.3, 0.4) is 0 Å². The number of benzene rings is 1. The molecule has 2 rings (SSSR count). The minimum absolute atomic E-state index is 0.205. The van der Waals surface area contributed by atoms with Crippen LogP contribution in [0.4, 0.5) is 5.13 Å². The minimum atomic E-state index is -0.554. The molecule has 17 heavy (non-hydrogen) atoms. The quantitative estimate of drug-likeness (QED) is 0.863. The van der Waals surface area contributed by atoms with Gasteiger partial charge in [0.05, 0.1) is 6.04 Å². The van der Waals surface area contributed by atoms with E-state index in [4.69, 9.17) is 5.73 Å². The van der Waals surface area contributed by atoms with E-state index < -0.39 is 6.04 Å². The van der Waals surface area contributed by atoms with Gasteiger partial charge < -0.3 is 11.1 Å². The summed E-state index contributed by atoms with van der Waals surface area (Å²) in [7, 11) is 0. The molecule has 1 aromatic carbocycles. The van der Waals surface area contributed by atoms with Crippen LogP contribution in [-0.2, 0) is 11.2 Å². The molecule has 0 unspecified atom stereocenters. The van der Waals surface area contributed by atoms with Gasteiger partial charge in [0.15, 0.2) is 5.13 Å². The summed E-state index contributed by atoms with van der Waals surface area (Å²) in [6.45, 7) is 0. The normalized spacial score (nSPS) is 12.1. The van der Waals surface area contributed by atoms with Crippen LogP contribution in [0.15, 0.2) is 41.9 Å². The SMILES string of the molecule is N[C@@H](Cc1ccccc1)C(=O)Nc1nccs1. The lowest BCUT2D eigenvalue weighted by atomic mass is 10.1. The van der Waals surface area contributed by atoms with E-state index in [0.29, 0.717) is 11.6 Å². The van der Waals surface area contributed by atoms with Crippen molar-refractivity contribution in [2.75, 3.05) is 5.32 Å². The van der Waals surface area contributed by atoms with Crippen LogP contribution in [0, 0.1) is 0 Å². The third kappa shape index (κ3) is 3.37. The molecule has 3 N–H and O–H groups in total. The van der Waals surface area contributed by atoms with Gasteiger partial charge in [-0.3, -0.25) is 4.79 Å². The number of aromatic nitrogens is 1. The molecule has 0 saturated heterocycles. The highest BCUT2D eigenvalue weighted by Gasteiger charge is 2.14. The molecule has 2 aromatic rings. The molecule has 1 heterocycles. The summed E-state index contributed by atoms with van der Waals surface area (Å²) in [6.07, 6.45) is 2.17. The van der Waals surface area contributed by atoms with Gasteiger partial charge in [-0.05, 0) is 12.0 Å². The van der Waals surface area contributed by atoms with Crippen LogP contribution in [0.25, 0.3) is 0 Å². The molecule has 1 amide bonds. The standard InChI is InChI=1S/C12H13N3OS/c13-10(8-9-4-2-1-3-5-9)11(16)15-12-14-6-7-17-12/h1-7,10H,8,13H2,(H,14,15,16)/t10-/m0/s1. The van der Waals surface area contributed by atoms with Crippen LogP contribution in [0.1, 0.15) is 5.56 Å². The van der Waals surface area contributed by atoms with E-state index in [2.05, 4.69) is 10.3 Å². The second kappa shape index (κ2) is 5.56. The maximum atomic E-state index is 11.7. The molecule has 1 atom stereocenters. The summed E-state index contributed by atoms with van der Waals surface area (Å²) in [6, 6.07) is 9.15. The van der Waals surface area contributed by atoms with E-state index in [1.807, 2.05) is 30.3 Å². The van der Waals surface area contributed by atoms with Gasteiger partial charge in [0.2, 0.25) is 5.91 Å². The van der Waals surface area contributed by atoms with Crippen molar-refractivity contribution < 1.29 is 4.79 Å². The van der Waals surface area contributed by atoms with Crippen molar-refractivity contribution in [3.63, 3.8) is 0 Å². The Labute approximate surface area is 103 Å². The molecule has 0 bridgehead atoms. The molecular formula is C12H13N3OS. The first-order chi connectivity index (χ1) is 8.25. The Morgan fingerprint density at radius 1 is 1.41 bits per heavy atom. The van der Waals surface area contributed by atoms with E-state index in [9.17, 15) is 4.79 Å². The Bertz CT molecular complexity index is 470. The second-order valence-corrected chi connectivity index (χ2v) is 4.52. The van der Waals surface area contributed by atoms with Gasteiger partial charge in [0.25, 0.3) is 0 Å². The number of carbonyl (C=O) groups excluding carboxylic acids is 1. The molecule has 0 saturated carbocycles.